The summed E-state index contributed by atoms with van der Waals surface area (Å²) >= 11 is 6.35. The van der Waals surface area contributed by atoms with Gasteiger partial charge in [-0.25, -0.2) is 0 Å². The van der Waals surface area contributed by atoms with Crippen molar-refractivity contribution in [2.24, 2.45) is 0 Å². The molecule has 0 fully saturated rings. The van der Waals surface area contributed by atoms with Gasteiger partial charge in [-0.15, -0.1) is 11.6 Å². The van der Waals surface area contributed by atoms with Gasteiger partial charge in [-0.3, -0.25) is 0 Å². The Balaban J connectivity index is 2.01. The molecule has 0 aromatic heterocycles. The maximum absolute atomic E-state index is 12.1. The van der Waals surface area contributed by atoms with E-state index >= 15 is 0 Å². The Bertz CT molecular complexity index is 537. The second-order valence-electron chi connectivity index (χ2n) is 4.60. The van der Waals surface area contributed by atoms with Gasteiger partial charge < -0.3 is 4.74 Å². The zero-order chi connectivity index (χ0) is 14.5. The predicted molar refractivity (Wildman–Crippen MR) is 76.6 cm³/mol. The number of benzene rings is 2. The zero-order valence-electron chi connectivity index (χ0n) is 11.0. The lowest BCUT2D eigenvalue weighted by Crippen LogP contribution is -2.02. The molecule has 1 atom stereocenters. The molecule has 4 heteroatoms. The molecule has 0 amide bonds. The van der Waals surface area contributed by atoms with Gasteiger partial charge in [0.1, 0.15) is 5.75 Å². The standard InChI is InChI=1S/C16H15ClF2O/c1-11-2-4-12(5-3-11)10-15(17)13-6-8-14(9-7-13)20-16(18)19/h2-9,15-16H,10H2,1H3. The van der Waals surface area contributed by atoms with Gasteiger partial charge >= 0.3 is 6.61 Å². The second-order valence-corrected chi connectivity index (χ2v) is 5.13. The fraction of sp³-hybridized carbons (Fsp3) is 0.250. The molecule has 0 aliphatic rings. The van der Waals surface area contributed by atoms with Gasteiger partial charge in [0.15, 0.2) is 0 Å². The zero-order valence-corrected chi connectivity index (χ0v) is 11.8. The minimum absolute atomic E-state index is 0.142. The molecule has 2 rings (SSSR count). The van der Waals surface area contributed by atoms with Crippen molar-refractivity contribution in [2.45, 2.75) is 25.3 Å². The first-order valence-corrected chi connectivity index (χ1v) is 6.72. The minimum Gasteiger partial charge on any atom is -0.435 e. The third-order valence-electron chi connectivity index (χ3n) is 3.00. The minimum atomic E-state index is -2.81. The lowest BCUT2D eigenvalue weighted by atomic mass is 10.0. The van der Waals surface area contributed by atoms with Crippen molar-refractivity contribution in [3.05, 3.63) is 65.2 Å². The van der Waals surface area contributed by atoms with Gasteiger partial charge in [-0.2, -0.15) is 8.78 Å². The highest BCUT2D eigenvalue weighted by Gasteiger charge is 2.10. The van der Waals surface area contributed by atoms with Crippen LogP contribution in [0.1, 0.15) is 22.1 Å². The van der Waals surface area contributed by atoms with Crippen LogP contribution in [0, 0.1) is 6.92 Å². The van der Waals surface area contributed by atoms with Crippen LogP contribution in [0.25, 0.3) is 0 Å². The Morgan fingerprint density at radius 2 is 1.60 bits per heavy atom. The average molecular weight is 297 g/mol. The molecule has 0 heterocycles. The summed E-state index contributed by atoms with van der Waals surface area (Å²) in [6, 6.07) is 14.6. The van der Waals surface area contributed by atoms with Crippen LogP contribution in [0.5, 0.6) is 5.75 Å². The highest BCUT2D eigenvalue weighted by molar-refractivity contribution is 6.20. The molecule has 0 bridgehead atoms. The van der Waals surface area contributed by atoms with Crippen LogP contribution in [0.15, 0.2) is 48.5 Å². The topological polar surface area (TPSA) is 9.23 Å². The van der Waals surface area contributed by atoms with Crippen molar-refractivity contribution in [3.63, 3.8) is 0 Å². The summed E-state index contributed by atoms with van der Waals surface area (Å²) in [6.45, 7) is -0.774. The number of rotatable bonds is 5. The molecule has 2 aromatic rings. The Kier molecular flexibility index (Phi) is 4.96. The van der Waals surface area contributed by atoms with Crippen molar-refractivity contribution in [1.29, 1.82) is 0 Å². The number of hydrogen-bond donors (Lipinski definition) is 0. The number of halogens is 3. The van der Waals surface area contributed by atoms with E-state index in [4.69, 9.17) is 11.6 Å². The lowest BCUT2D eigenvalue weighted by molar-refractivity contribution is -0.0498. The fourth-order valence-corrected chi connectivity index (χ4v) is 2.23. The van der Waals surface area contributed by atoms with Crippen LogP contribution < -0.4 is 4.74 Å². The maximum atomic E-state index is 12.1. The summed E-state index contributed by atoms with van der Waals surface area (Å²) in [4.78, 5) is 0. The molecule has 1 unspecified atom stereocenters. The third-order valence-corrected chi connectivity index (χ3v) is 3.41. The summed E-state index contributed by atoms with van der Waals surface area (Å²) in [5, 5.41) is -0.196. The van der Waals surface area contributed by atoms with Crippen LogP contribution in [0.3, 0.4) is 0 Å². The normalized spacial score (nSPS) is 12.4. The van der Waals surface area contributed by atoms with Gasteiger partial charge in [-0.1, -0.05) is 42.0 Å². The van der Waals surface area contributed by atoms with E-state index in [9.17, 15) is 8.78 Å². The van der Waals surface area contributed by atoms with Gasteiger partial charge in [0, 0.05) is 0 Å². The van der Waals surface area contributed by atoms with Crippen LogP contribution >= 0.6 is 11.6 Å². The van der Waals surface area contributed by atoms with Crippen molar-refractivity contribution in [3.8, 4) is 5.75 Å². The molecule has 0 N–H and O–H groups in total. The van der Waals surface area contributed by atoms with E-state index in [1.165, 1.54) is 17.7 Å². The molecule has 0 spiro atoms. The molecule has 1 nitrogen and oxygen atoms in total. The Labute approximate surface area is 122 Å². The monoisotopic (exact) mass is 296 g/mol. The lowest BCUT2D eigenvalue weighted by Gasteiger charge is -2.11. The first-order valence-electron chi connectivity index (χ1n) is 6.29. The van der Waals surface area contributed by atoms with Crippen molar-refractivity contribution in [1.82, 2.24) is 0 Å². The molecule has 2 aromatic carbocycles. The molecule has 20 heavy (non-hydrogen) atoms. The van der Waals surface area contributed by atoms with Gasteiger partial charge in [0.2, 0.25) is 0 Å². The van der Waals surface area contributed by atoms with Crippen molar-refractivity contribution < 1.29 is 13.5 Å². The number of ether oxygens (including phenoxy) is 1. The van der Waals surface area contributed by atoms with E-state index in [0.29, 0.717) is 6.42 Å². The van der Waals surface area contributed by atoms with E-state index in [1.54, 1.807) is 12.1 Å². The molecule has 0 aliphatic heterocycles. The highest BCUT2D eigenvalue weighted by Crippen LogP contribution is 2.27. The summed E-state index contributed by atoms with van der Waals surface area (Å²) in [7, 11) is 0. The van der Waals surface area contributed by atoms with E-state index in [2.05, 4.69) is 4.74 Å². The summed E-state index contributed by atoms with van der Waals surface area (Å²) < 4.78 is 28.4. The summed E-state index contributed by atoms with van der Waals surface area (Å²) in [5.74, 6) is 0.142. The van der Waals surface area contributed by atoms with Gasteiger partial charge in [-0.05, 0) is 36.6 Å². The first-order chi connectivity index (χ1) is 9.54. The maximum Gasteiger partial charge on any atom is 0.387 e. The Hall–Kier alpha value is -1.61. The second kappa shape index (κ2) is 6.71. The van der Waals surface area contributed by atoms with Crippen molar-refractivity contribution >= 4 is 11.6 Å². The molecular formula is C16H15ClF2O. The van der Waals surface area contributed by atoms with Gasteiger partial charge in [0.25, 0.3) is 0 Å². The van der Waals surface area contributed by atoms with Gasteiger partial charge in [0.05, 0.1) is 5.38 Å². The van der Waals surface area contributed by atoms with E-state index in [0.717, 1.165) is 11.1 Å². The molecule has 106 valence electrons. The Morgan fingerprint density at radius 3 is 2.15 bits per heavy atom. The average Bonchev–Trinajstić information content (AvgIpc) is 2.41. The smallest absolute Gasteiger partial charge is 0.387 e. The summed E-state index contributed by atoms with van der Waals surface area (Å²) in [5.41, 5.74) is 3.23. The van der Waals surface area contributed by atoms with Crippen LogP contribution in [-0.4, -0.2) is 6.61 Å². The molecule has 0 saturated heterocycles. The van der Waals surface area contributed by atoms with Crippen molar-refractivity contribution in [2.75, 3.05) is 0 Å². The number of hydrogen-bond acceptors (Lipinski definition) is 1. The van der Waals surface area contributed by atoms with Crippen LogP contribution in [-0.2, 0) is 6.42 Å². The fourth-order valence-electron chi connectivity index (χ4n) is 1.91. The molecule has 0 saturated carbocycles. The SMILES string of the molecule is Cc1ccc(CC(Cl)c2ccc(OC(F)F)cc2)cc1. The summed E-state index contributed by atoms with van der Waals surface area (Å²) in [6.07, 6.45) is 0.691. The highest BCUT2D eigenvalue weighted by atomic mass is 35.5. The van der Waals surface area contributed by atoms with E-state index in [-0.39, 0.29) is 11.1 Å². The first kappa shape index (κ1) is 14.8. The Morgan fingerprint density at radius 1 is 1.00 bits per heavy atom. The molecule has 0 radical (unpaired) electrons. The third kappa shape index (κ3) is 4.20. The van der Waals surface area contributed by atoms with Crippen LogP contribution in [0.2, 0.25) is 0 Å². The quantitative estimate of drug-likeness (QED) is 0.696. The van der Waals surface area contributed by atoms with Crippen LogP contribution in [0.4, 0.5) is 8.78 Å². The number of aryl methyl sites for hydroxylation is 1. The van der Waals surface area contributed by atoms with E-state index in [1.807, 2.05) is 31.2 Å². The van der Waals surface area contributed by atoms with E-state index < -0.39 is 6.61 Å². The molecule has 0 aliphatic carbocycles. The molecular weight excluding hydrogens is 282 g/mol. The largest absolute Gasteiger partial charge is 0.435 e. The number of alkyl halides is 3. The predicted octanol–water partition coefficient (Wildman–Crippen LogP) is 5.12.